The first-order valence-electron chi connectivity index (χ1n) is 5.76. The lowest BCUT2D eigenvalue weighted by molar-refractivity contribution is -0.143. The molecule has 96 valence electrons. The van der Waals surface area contributed by atoms with E-state index in [1.54, 1.807) is 0 Å². The van der Waals surface area contributed by atoms with E-state index in [1.807, 2.05) is 0 Å². The highest BCUT2D eigenvalue weighted by Crippen LogP contribution is 2.01. The van der Waals surface area contributed by atoms with Gasteiger partial charge in [0.15, 0.2) is 0 Å². The first-order valence-corrected chi connectivity index (χ1v) is 5.76. The van der Waals surface area contributed by atoms with Crippen LogP contribution in [0.2, 0.25) is 0 Å². The van der Waals surface area contributed by atoms with E-state index in [1.165, 1.54) is 6.08 Å². The molecule has 0 amide bonds. The molecule has 0 N–H and O–H groups in total. The molecular formula is C13H20O4. The van der Waals surface area contributed by atoms with E-state index < -0.39 is 0 Å². The Morgan fingerprint density at radius 1 is 0.941 bits per heavy atom. The van der Waals surface area contributed by atoms with Crippen LogP contribution >= 0.6 is 0 Å². The Kier molecular flexibility index (Phi) is 9.91. The van der Waals surface area contributed by atoms with Crippen molar-refractivity contribution in [1.29, 1.82) is 0 Å². The molecule has 0 bridgehead atoms. The van der Waals surface area contributed by atoms with Gasteiger partial charge in [-0.05, 0) is 25.7 Å². The van der Waals surface area contributed by atoms with Gasteiger partial charge in [-0.25, -0.2) is 4.79 Å². The van der Waals surface area contributed by atoms with Gasteiger partial charge < -0.3 is 9.47 Å². The highest BCUT2D eigenvalue weighted by atomic mass is 16.5. The van der Waals surface area contributed by atoms with Crippen molar-refractivity contribution < 1.29 is 19.1 Å². The third-order valence-corrected chi connectivity index (χ3v) is 2.02. The second-order valence-corrected chi connectivity index (χ2v) is 3.50. The number of hydrogen-bond acceptors (Lipinski definition) is 4. The first kappa shape index (κ1) is 15.4. The zero-order valence-corrected chi connectivity index (χ0v) is 10.2. The van der Waals surface area contributed by atoms with Crippen molar-refractivity contribution >= 4 is 11.9 Å². The van der Waals surface area contributed by atoms with Crippen molar-refractivity contribution in [2.45, 2.75) is 32.1 Å². The van der Waals surface area contributed by atoms with Gasteiger partial charge in [-0.2, -0.15) is 0 Å². The normalized spacial score (nSPS) is 9.41. The smallest absolute Gasteiger partial charge is 0.330 e. The summed E-state index contributed by atoms with van der Waals surface area (Å²) < 4.78 is 9.75. The summed E-state index contributed by atoms with van der Waals surface area (Å²) in [5, 5.41) is 0. The molecule has 0 saturated carbocycles. The Morgan fingerprint density at radius 2 is 1.53 bits per heavy atom. The fourth-order valence-corrected chi connectivity index (χ4v) is 1.15. The highest BCUT2D eigenvalue weighted by Gasteiger charge is 1.99. The zero-order chi connectivity index (χ0) is 12.9. The molecule has 0 unspecified atom stereocenters. The maximum Gasteiger partial charge on any atom is 0.330 e. The summed E-state index contributed by atoms with van der Waals surface area (Å²) in [5.74, 6) is -0.622. The van der Waals surface area contributed by atoms with Gasteiger partial charge in [0.05, 0.1) is 19.6 Å². The van der Waals surface area contributed by atoms with Crippen LogP contribution in [0, 0.1) is 0 Å². The fraction of sp³-hybridized carbons (Fsp3) is 0.538. The van der Waals surface area contributed by atoms with Gasteiger partial charge in [0.25, 0.3) is 0 Å². The minimum absolute atomic E-state index is 0.236. The molecule has 0 aliphatic carbocycles. The topological polar surface area (TPSA) is 52.6 Å². The molecule has 0 aromatic rings. The van der Waals surface area contributed by atoms with Crippen LogP contribution in [0.3, 0.4) is 0 Å². The van der Waals surface area contributed by atoms with E-state index in [2.05, 4.69) is 13.2 Å². The van der Waals surface area contributed by atoms with E-state index in [0.29, 0.717) is 13.2 Å². The Bertz CT molecular complexity index is 258. The SMILES string of the molecule is C=CCC(=O)OCCCCCCOC(=O)C=C. The maximum atomic E-state index is 10.9. The second-order valence-electron chi connectivity index (χ2n) is 3.50. The molecule has 0 aliphatic rings. The number of esters is 2. The molecule has 4 heteroatoms. The van der Waals surface area contributed by atoms with Crippen molar-refractivity contribution in [1.82, 2.24) is 0 Å². The highest BCUT2D eigenvalue weighted by molar-refractivity contribution is 5.81. The van der Waals surface area contributed by atoms with E-state index in [-0.39, 0.29) is 18.4 Å². The molecule has 0 spiro atoms. The summed E-state index contributed by atoms with van der Waals surface area (Å²) in [5.41, 5.74) is 0. The molecule has 0 atom stereocenters. The number of carbonyl (C=O) groups excluding carboxylic acids is 2. The molecule has 17 heavy (non-hydrogen) atoms. The summed E-state index contributed by atoms with van der Waals surface area (Å²) in [7, 11) is 0. The van der Waals surface area contributed by atoms with Crippen LogP contribution in [-0.4, -0.2) is 25.2 Å². The molecule has 0 aromatic heterocycles. The van der Waals surface area contributed by atoms with Crippen molar-refractivity contribution in [2.75, 3.05) is 13.2 Å². The quantitative estimate of drug-likeness (QED) is 0.255. The predicted molar refractivity (Wildman–Crippen MR) is 65.4 cm³/mol. The molecule has 0 heterocycles. The summed E-state index contributed by atoms with van der Waals surface area (Å²) >= 11 is 0. The molecule has 0 radical (unpaired) electrons. The van der Waals surface area contributed by atoms with Gasteiger partial charge >= 0.3 is 11.9 Å². The van der Waals surface area contributed by atoms with Crippen LogP contribution < -0.4 is 0 Å². The average Bonchev–Trinajstić information content (AvgIpc) is 2.32. The van der Waals surface area contributed by atoms with Crippen LogP contribution in [-0.2, 0) is 19.1 Å². The minimum atomic E-state index is -0.386. The van der Waals surface area contributed by atoms with Crippen molar-refractivity contribution in [3.8, 4) is 0 Å². The van der Waals surface area contributed by atoms with Crippen molar-refractivity contribution in [3.63, 3.8) is 0 Å². The monoisotopic (exact) mass is 240 g/mol. The molecular weight excluding hydrogens is 220 g/mol. The van der Waals surface area contributed by atoms with E-state index in [9.17, 15) is 9.59 Å². The average molecular weight is 240 g/mol. The molecule has 0 fully saturated rings. The zero-order valence-electron chi connectivity index (χ0n) is 10.2. The Labute approximate surface area is 102 Å². The number of rotatable bonds is 10. The lowest BCUT2D eigenvalue weighted by Gasteiger charge is -2.04. The lowest BCUT2D eigenvalue weighted by atomic mass is 10.2. The van der Waals surface area contributed by atoms with Crippen molar-refractivity contribution in [2.24, 2.45) is 0 Å². The number of hydrogen-bond donors (Lipinski definition) is 0. The summed E-state index contributed by atoms with van der Waals surface area (Å²) in [6.07, 6.45) is 6.49. The number of carbonyl (C=O) groups is 2. The van der Waals surface area contributed by atoms with Gasteiger partial charge in [-0.3, -0.25) is 4.79 Å². The van der Waals surface area contributed by atoms with Crippen LogP contribution in [0.5, 0.6) is 0 Å². The third-order valence-electron chi connectivity index (χ3n) is 2.02. The summed E-state index contributed by atoms with van der Waals surface area (Å²) in [6.45, 7) is 7.61. The van der Waals surface area contributed by atoms with Gasteiger partial charge in [-0.15, -0.1) is 6.58 Å². The lowest BCUT2D eigenvalue weighted by Crippen LogP contribution is -2.04. The van der Waals surface area contributed by atoms with Gasteiger partial charge in [0, 0.05) is 6.08 Å². The Balaban J connectivity index is 3.18. The first-order chi connectivity index (χ1) is 8.20. The van der Waals surface area contributed by atoms with Gasteiger partial charge in [0.1, 0.15) is 0 Å². The minimum Gasteiger partial charge on any atom is -0.465 e. The van der Waals surface area contributed by atoms with E-state index in [4.69, 9.17) is 9.47 Å². The summed E-state index contributed by atoms with van der Waals surface area (Å²) in [6, 6.07) is 0. The van der Waals surface area contributed by atoms with E-state index in [0.717, 1.165) is 31.8 Å². The fourth-order valence-electron chi connectivity index (χ4n) is 1.15. The van der Waals surface area contributed by atoms with Crippen LogP contribution in [0.15, 0.2) is 25.3 Å². The standard InChI is InChI=1S/C13H20O4/c1-3-9-13(15)17-11-8-6-5-7-10-16-12(14)4-2/h3-4H,1-2,5-11H2. The number of ether oxygens (including phenoxy) is 2. The Hall–Kier alpha value is -1.58. The largest absolute Gasteiger partial charge is 0.465 e. The van der Waals surface area contributed by atoms with E-state index >= 15 is 0 Å². The predicted octanol–water partition coefficient (Wildman–Crippen LogP) is 2.40. The van der Waals surface area contributed by atoms with Crippen LogP contribution in [0.1, 0.15) is 32.1 Å². The molecule has 0 aromatic carbocycles. The molecule has 4 nitrogen and oxygen atoms in total. The maximum absolute atomic E-state index is 10.9. The van der Waals surface area contributed by atoms with Gasteiger partial charge in [0.2, 0.25) is 0 Å². The molecule has 0 aliphatic heterocycles. The number of unbranched alkanes of at least 4 members (excludes halogenated alkanes) is 3. The molecule has 0 saturated heterocycles. The second kappa shape index (κ2) is 10.9. The molecule has 0 rings (SSSR count). The summed E-state index contributed by atoms with van der Waals surface area (Å²) in [4.78, 5) is 21.6. The van der Waals surface area contributed by atoms with Crippen LogP contribution in [0.4, 0.5) is 0 Å². The van der Waals surface area contributed by atoms with Gasteiger partial charge in [-0.1, -0.05) is 12.7 Å². The van der Waals surface area contributed by atoms with Crippen molar-refractivity contribution in [3.05, 3.63) is 25.3 Å². The van der Waals surface area contributed by atoms with Crippen LogP contribution in [0.25, 0.3) is 0 Å². The third kappa shape index (κ3) is 10.7. The Morgan fingerprint density at radius 3 is 2.06 bits per heavy atom.